The second-order valence-electron chi connectivity index (χ2n) is 6.26. The van der Waals surface area contributed by atoms with Crippen LogP contribution < -0.4 is 9.80 Å². The number of nitrogens with zero attached hydrogens (tertiary/aromatic N) is 4. The summed E-state index contributed by atoms with van der Waals surface area (Å²) in [6, 6.07) is 9.53. The van der Waals surface area contributed by atoms with E-state index in [0.717, 1.165) is 56.9 Å². The monoisotopic (exact) mass is 454 g/mol. The maximum Gasteiger partial charge on any atom is 0.186 e. The van der Waals surface area contributed by atoms with Crippen LogP contribution in [0.15, 0.2) is 30.3 Å². The molecule has 3 heterocycles. The smallest absolute Gasteiger partial charge is 0.186 e. The largest absolute Gasteiger partial charge is 0.345 e. The van der Waals surface area contributed by atoms with Gasteiger partial charge in [0, 0.05) is 26.2 Å². The van der Waals surface area contributed by atoms with Crippen LogP contribution in [0.3, 0.4) is 0 Å². The van der Waals surface area contributed by atoms with E-state index in [4.69, 9.17) is 44.8 Å². The van der Waals surface area contributed by atoms with E-state index < -0.39 is 0 Å². The molecule has 0 atom stereocenters. The zero-order chi connectivity index (χ0) is 18.5. The SMILES string of the molecule is Clc1cccc2sc(N3CCN(c4nc5c(Cl)ccc(Cl)c5s4)CC3)nc12. The highest BCUT2D eigenvalue weighted by Gasteiger charge is 2.23. The summed E-state index contributed by atoms with van der Waals surface area (Å²) in [6.07, 6.45) is 0. The molecule has 0 aliphatic carbocycles. The van der Waals surface area contributed by atoms with Crippen LogP contribution in [-0.4, -0.2) is 36.1 Å². The van der Waals surface area contributed by atoms with Crippen molar-refractivity contribution in [2.75, 3.05) is 36.0 Å². The summed E-state index contributed by atoms with van der Waals surface area (Å²) in [5.74, 6) is 0. The summed E-state index contributed by atoms with van der Waals surface area (Å²) in [5.41, 5.74) is 1.67. The van der Waals surface area contributed by atoms with Gasteiger partial charge in [0.2, 0.25) is 0 Å². The van der Waals surface area contributed by atoms with Crippen LogP contribution in [-0.2, 0) is 0 Å². The molecule has 1 fully saturated rings. The van der Waals surface area contributed by atoms with Gasteiger partial charge in [0.1, 0.15) is 11.0 Å². The van der Waals surface area contributed by atoms with E-state index in [0.29, 0.717) is 15.1 Å². The number of halogens is 3. The Bertz CT molecular complexity index is 1110. The molecule has 0 N–H and O–H groups in total. The lowest BCUT2D eigenvalue weighted by molar-refractivity contribution is 0.651. The number of para-hydroxylation sites is 1. The van der Waals surface area contributed by atoms with E-state index in [1.165, 1.54) is 0 Å². The van der Waals surface area contributed by atoms with Crippen LogP contribution >= 0.6 is 57.5 Å². The fourth-order valence-electron chi connectivity index (χ4n) is 3.20. The average Bonchev–Trinajstić information content (AvgIpc) is 3.31. The molecule has 1 saturated heterocycles. The van der Waals surface area contributed by atoms with Crippen molar-refractivity contribution in [1.82, 2.24) is 9.97 Å². The molecule has 27 heavy (non-hydrogen) atoms. The van der Waals surface area contributed by atoms with E-state index >= 15 is 0 Å². The first-order valence-corrected chi connectivity index (χ1v) is 11.2. The van der Waals surface area contributed by atoms with Crippen molar-refractivity contribution in [2.24, 2.45) is 0 Å². The molecule has 0 radical (unpaired) electrons. The number of fused-ring (bicyclic) bond motifs is 2. The van der Waals surface area contributed by atoms with Crippen LogP contribution in [0.4, 0.5) is 10.3 Å². The van der Waals surface area contributed by atoms with Crippen molar-refractivity contribution >= 4 is 88.2 Å². The lowest BCUT2D eigenvalue weighted by atomic mass is 10.3. The van der Waals surface area contributed by atoms with Crippen molar-refractivity contribution in [3.05, 3.63) is 45.4 Å². The van der Waals surface area contributed by atoms with Crippen LogP contribution in [0.1, 0.15) is 0 Å². The third-order valence-corrected chi connectivity index (χ3v) is 7.88. The van der Waals surface area contributed by atoms with Gasteiger partial charge in [-0.1, -0.05) is 63.5 Å². The Balaban J connectivity index is 1.37. The maximum atomic E-state index is 6.30. The van der Waals surface area contributed by atoms with Gasteiger partial charge in [0.05, 0.1) is 24.5 Å². The highest BCUT2D eigenvalue weighted by Crippen LogP contribution is 2.38. The van der Waals surface area contributed by atoms with Crippen molar-refractivity contribution in [1.29, 1.82) is 0 Å². The molecule has 9 heteroatoms. The van der Waals surface area contributed by atoms with Gasteiger partial charge < -0.3 is 9.80 Å². The van der Waals surface area contributed by atoms with Crippen LogP contribution in [0.25, 0.3) is 20.4 Å². The van der Waals surface area contributed by atoms with E-state index in [9.17, 15) is 0 Å². The van der Waals surface area contributed by atoms with E-state index in [1.54, 1.807) is 28.7 Å². The quantitative estimate of drug-likeness (QED) is 0.360. The number of piperazine rings is 1. The van der Waals surface area contributed by atoms with Gasteiger partial charge in [0.25, 0.3) is 0 Å². The Morgan fingerprint density at radius 2 is 1.30 bits per heavy atom. The predicted octanol–water partition coefficient (Wildman–Crippen LogP) is 6.19. The third-order valence-electron chi connectivity index (χ3n) is 4.61. The molecule has 4 nitrogen and oxygen atoms in total. The Hall–Kier alpha value is -1.31. The lowest BCUT2D eigenvalue weighted by Crippen LogP contribution is -2.46. The van der Waals surface area contributed by atoms with Gasteiger partial charge in [-0.05, 0) is 24.3 Å². The summed E-state index contributed by atoms with van der Waals surface area (Å²) in [4.78, 5) is 14.1. The van der Waals surface area contributed by atoms with Crippen molar-refractivity contribution in [2.45, 2.75) is 0 Å². The third kappa shape index (κ3) is 3.13. The standard InChI is InChI=1S/C18H13Cl3N4S2/c19-10-2-1-3-13-14(10)22-17(26-13)24-6-8-25(9-7-24)18-23-15-11(20)4-5-12(21)16(15)27-18/h1-5H,6-9H2. The van der Waals surface area contributed by atoms with Crippen LogP contribution in [0.2, 0.25) is 15.1 Å². The second-order valence-corrected chi connectivity index (χ2v) is 9.47. The number of anilines is 2. The molecule has 5 rings (SSSR count). The number of hydrogen-bond acceptors (Lipinski definition) is 6. The van der Waals surface area contributed by atoms with Gasteiger partial charge in [-0.15, -0.1) is 0 Å². The van der Waals surface area contributed by atoms with Crippen molar-refractivity contribution < 1.29 is 0 Å². The molecular formula is C18H13Cl3N4S2. The Labute approximate surface area is 178 Å². The summed E-state index contributed by atoms with van der Waals surface area (Å²) >= 11 is 22.1. The molecule has 1 aliphatic rings. The highest BCUT2D eigenvalue weighted by atomic mass is 35.5. The van der Waals surface area contributed by atoms with Gasteiger partial charge in [-0.25, -0.2) is 9.97 Å². The number of thiazole rings is 2. The topological polar surface area (TPSA) is 32.3 Å². The fraction of sp³-hybridized carbons (Fsp3) is 0.222. The first-order valence-electron chi connectivity index (χ1n) is 8.39. The zero-order valence-corrected chi connectivity index (χ0v) is 17.9. The average molecular weight is 456 g/mol. The minimum atomic E-state index is 0.641. The number of benzene rings is 2. The fourth-order valence-corrected chi connectivity index (χ4v) is 6.09. The Morgan fingerprint density at radius 3 is 1.96 bits per heavy atom. The second kappa shape index (κ2) is 6.94. The highest BCUT2D eigenvalue weighted by molar-refractivity contribution is 7.23. The number of hydrogen-bond donors (Lipinski definition) is 0. The molecule has 138 valence electrons. The van der Waals surface area contributed by atoms with E-state index in [-0.39, 0.29) is 0 Å². The molecule has 0 amide bonds. The summed E-state index contributed by atoms with van der Waals surface area (Å²) < 4.78 is 2.07. The molecule has 0 unspecified atom stereocenters. The van der Waals surface area contributed by atoms with Crippen LogP contribution in [0.5, 0.6) is 0 Å². The molecule has 2 aromatic carbocycles. The van der Waals surface area contributed by atoms with Gasteiger partial charge in [-0.3, -0.25) is 0 Å². The van der Waals surface area contributed by atoms with Gasteiger partial charge in [-0.2, -0.15) is 0 Å². The molecule has 0 bridgehead atoms. The Morgan fingerprint density at radius 1 is 0.704 bits per heavy atom. The number of aromatic nitrogens is 2. The summed E-state index contributed by atoms with van der Waals surface area (Å²) in [6.45, 7) is 3.51. The summed E-state index contributed by atoms with van der Waals surface area (Å²) in [7, 11) is 0. The molecule has 1 aliphatic heterocycles. The molecule has 4 aromatic rings. The Kier molecular flexibility index (Phi) is 4.57. The molecular weight excluding hydrogens is 443 g/mol. The van der Waals surface area contributed by atoms with E-state index in [1.807, 2.05) is 18.2 Å². The molecule has 0 spiro atoms. The van der Waals surface area contributed by atoms with Crippen LogP contribution in [0, 0.1) is 0 Å². The minimum absolute atomic E-state index is 0.641. The molecule has 0 saturated carbocycles. The van der Waals surface area contributed by atoms with Crippen molar-refractivity contribution in [3.63, 3.8) is 0 Å². The summed E-state index contributed by atoms with van der Waals surface area (Å²) in [5, 5.41) is 4.03. The molecule has 2 aromatic heterocycles. The first kappa shape index (κ1) is 17.8. The normalized spacial score (nSPS) is 15.2. The zero-order valence-electron chi connectivity index (χ0n) is 14.0. The first-order chi connectivity index (χ1) is 13.1. The predicted molar refractivity (Wildman–Crippen MR) is 119 cm³/mol. The maximum absolute atomic E-state index is 6.30. The van der Waals surface area contributed by atoms with Gasteiger partial charge in [0.15, 0.2) is 10.3 Å². The number of rotatable bonds is 2. The van der Waals surface area contributed by atoms with Crippen molar-refractivity contribution in [3.8, 4) is 0 Å². The van der Waals surface area contributed by atoms with Gasteiger partial charge >= 0.3 is 0 Å². The van der Waals surface area contributed by atoms with E-state index in [2.05, 4.69) is 15.9 Å². The minimum Gasteiger partial charge on any atom is -0.345 e. The lowest BCUT2D eigenvalue weighted by Gasteiger charge is -2.34.